The van der Waals surface area contributed by atoms with Crippen molar-refractivity contribution in [3.05, 3.63) is 65.9 Å². The fourth-order valence-electron chi connectivity index (χ4n) is 4.43. The lowest BCUT2D eigenvalue weighted by Crippen LogP contribution is -2.58. The standard InChI is InChI=1S/C29H34N6O9/c30-19(9-10-24(31)37)26(40)33-22(13-25(38)39)28(42)34-21(11-15-5-7-17(36)8-6-15)27(41)35-23(29(43)44)12-16-14-32-20-4-2-1-3-18(16)20/h1-8,14,19,21-23,32,36H,9-13,30H2,(H2,31,37)(H,33,40)(H,34,42)(H,35,41)(H,38,39)(H,43,44). The number of benzene rings is 2. The molecule has 15 nitrogen and oxygen atoms in total. The maximum atomic E-state index is 13.5. The van der Waals surface area contributed by atoms with Gasteiger partial charge in [-0.3, -0.25) is 24.0 Å². The summed E-state index contributed by atoms with van der Waals surface area (Å²) in [5, 5.41) is 36.7. The molecule has 3 rings (SSSR count). The molecule has 0 fully saturated rings. The highest BCUT2D eigenvalue weighted by atomic mass is 16.4. The van der Waals surface area contributed by atoms with Crippen LogP contribution in [0.5, 0.6) is 5.75 Å². The summed E-state index contributed by atoms with van der Waals surface area (Å²) in [6.07, 6.45) is 0.126. The molecule has 44 heavy (non-hydrogen) atoms. The molecule has 2 aromatic carbocycles. The number of aromatic amines is 1. The molecule has 0 bridgehead atoms. The smallest absolute Gasteiger partial charge is 0.326 e. The van der Waals surface area contributed by atoms with Crippen LogP contribution in [-0.2, 0) is 41.6 Å². The van der Waals surface area contributed by atoms with Gasteiger partial charge in [-0.15, -0.1) is 0 Å². The average Bonchev–Trinajstić information content (AvgIpc) is 3.38. The van der Waals surface area contributed by atoms with Gasteiger partial charge >= 0.3 is 11.9 Å². The minimum absolute atomic E-state index is 0.0552. The van der Waals surface area contributed by atoms with Crippen LogP contribution in [0.25, 0.3) is 10.9 Å². The average molecular weight is 611 g/mol. The Kier molecular flexibility index (Phi) is 11.4. The summed E-state index contributed by atoms with van der Waals surface area (Å²) in [7, 11) is 0. The van der Waals surface area contributed by atoms with E-state index in [0.29, 0.717) is 11.1 Å². The fourth-order valence-corrected chi connectivity index (χ4v) is 4.43. The van der Waals surface area contributed by atoms with Crippen molar-refractivity contribution in [1.82, 2.24) is 20.9 Å². The maximum Gasteiger partial charge on any atom is 0.326 e. The van der Waals surface area contributed by atoms with E-state index >= 15 is 0 Å². The Morgan fingerprint density at radius 1 is 0.795 bits per heavy atom. The van der Waals surface area contributed by atoms with Gasteiger partial charge in [0.25, 0.3) is 0 Å². The van der Waals surface area contributed by atoms with Gasteiger partial charge in [0.15, 0.2) is 0 Å². The van der Waals surface area contributed by atoms with Gasteiger partial charge in [0.2, 0.25) is 23.6 Å². The third-order valence-corrected chi connectivity index (χ3v) is 6.77. The van der Waals surface area contributed by atoms with Crippen LogP contribution in [0.2, 0.25) is 0 Å². The number of carboxylic acids is 2. The van der Waals surface area contributed by atoms with Crippen LogP contribution in [-0.4, -0.2) is 80.0 Å². The number of carbonyl (C=O) groups excluding carboxylic acids is 4. The number of nitrogens with two attached hydrogens (primary N) is 2. The highest BCUT2D eigenvalue weighted by Gasteiger charge is 2.32. The fraction of sp³-hybridized carbons (Fsp3) is 0.310. The van der Waals surface area contributed by atoms with Crippen LogP contribution in [0.1, 0.15) is 30.4 Å². The number of rotatable bonds is 16. The van der Waals surface area contributed by atoms with Crippen LogP contribution < -0.4 is 27.4 Å². The lowest BCUT2D eigenvalue weighted by Gasteiger charge is -2.25. The van der Waals surface area contributed by atoms with Crippen molar-refractivity contribution in [2.45, 2.75) is 56.3 Å². The van der Waals surface area contributed by atoms with Crippen molar-refractivity contribution in [3.63, 3.8) is 0 Å². The Bertz CT molecular complexity index is 1520. The zero-order valence-corrected chi connectivity index (χ0v) is 23.5. The summed E-state index contributed by atoms with van der Waals surface area (Å²) in [5.41, 5.74) is 12.7. The molecule has 0 saturated heterocycles. The van der Waals surface area contributed by atoms with Gasteiger partial charge in [-0.1, -0.05) is 30.3 Å². The number of H-pyrrole nitrogens is 1. The minimum atomic E-state index is -1.67. The van der Waals surface area contributed by atoms with Gasteiger partial charge in [0, 0.05) is 36.4 Å². The molecular weight excluding hydrogens is 576 g/mol. The summed E-state index contributed by atoms with van der Waals surface area (Å²) in [4.78, 5) is 76.9. The number of fused-ring (bicyclic) bond motifs is 1. The molecule has 15 heteroatoms. The molecule has 0 spiro atoms. The van der Waals surface area contributed by atoms with Gasteiger partial charge in [-0.25, -0.2) is 4.79 Å². The first-order valence-corrected chi connectivity index (χ1v) is 13.6. The van der Waals surface area contributed by atoms with Crippen molar-refractivity contribution < 1.29 is 44.1 Å². The summed E-state index contributed by atoms with van der Waals surface area (Å²) in [6.45, 7) is 0. The number of amides is 4. The van der Waals surface area contributed by atoms with Gasteiger partial charge in [0.1, 0.15) is 23.9 Å². The number of aromatic hydroxyl groups is 1. The Balaban J connectivity index is 1.82. The number of carboxylic acid groups (broad SMARTS) is 2. The molecule has 11 N–H and O–H groups in total. The zero-order valence-electron chi connectivity index (χ0n) is 23.5. The molecule has 4 atom stereocenters. The Labute approximate surface area is 251 Å². The first-order valence-electron chi connectivity index (χ1n) is 13.6. The molecule has 4 unspecified atom stereocenters. The second-order valence-corrected chi connectivity index (χ2v) is 10.2. The lowest BCUT2D eigenvalue weighted by atomic mass is 10.0. The van der Waals surface area contributed by atoms with Crippen molar-refractivity contribution in [2.75, 3.05) is 0 Å². The van der Waals surface area contributed by atoms with Crippen LogP contribution in [0.15, 0.2) is 54.7 Å². The molecule has 0 radical (unpaired) electrons. The maximum absolute atomic E-state index is 13.5. The topological polar surface area (TPSA) is 267 Å². The minimum Gasteiger partial charge on any atom is -0.508 e. The van der Waals surface area contributed by atoms with E-state index in [2.05, 4.69) is 20.9 Å². The Hall–Kier alpha value is -5.44. The zero-order chi connectivity index (χ0) is 32.4. The van der Waals surface area contributed by atoms with E-state index in [1.807, 2.05) is 12.1 Å². The summed E-state index contributed by atoms with van der Waals surface area (Å²) in [5.74, 6) is -6.40. The molecule has 234 valence electrons. The SMILES string of the molecule is NC(=O)CCC(N)C(=O)NC(CC(=O)O)C(=O)NC(Cc1ccc(O)cc1)C(=O)NC(Cc1c[nH]c2ccccc12)C(=O)O. The van der Waals surface area contributed by atoms with E-state index in [1.165, 1.54) is 24.3 Å². The van der Waals surface area contributed by atoms with E-state index in [1.54, 1.807) is 18.3 Å². The molecule has 0 aliphatic carbocycles. The number of para-hydroxylation sites is 1. The van der Waals surface area contributed by atoms with E-state index < -0.39 is 66.2 Å². The second-order valence-electron chi connectivity index (χ2n) is 10.2. The van der Waals surface area contributed by atoms with Crippen LogP contribution in [0, 0.1) is 0 Å². The van der Waals surface area contributed by atoms with E-state index in [9.17, 15) is 44.1 Å². The van der Waals surface area contributed by atoms with E-state index in [4.69, 9.17) is 11.5 Å². The van der Waals surface area contributed by atoms with Crippen LogP contribution in [0.3, 0.4) is 0 Å². The van der Waals surface area contributed by atoms with Gasteiger partial charge in [-0.05, 0) is 35.7 Å². The quantitative estimate of drug-likeness (QED) is 0.0980. The first kappa shape index (κ1) is 33.1. The number of phenols is 1. The number of nitrogens with one attached hydrogen (secondary N) is 4. The lowest BCUT2D eigenvalue weighted by molar-refractivity contribution is -0.143. The third kappa shape index (κ3) is 9.55. The first-order chi connectivity index (χ1) is 20.8. The molecule has 3 aromatic rings. The molecule has 1 aromatic heterocycles. The molecule has 0 saturated carbocycles. The number of carbonyl (C=O) groups is 6. The van der Waals surface area contributed by atoms with Crippen LogP contribution in [0.4, 0.5) is 0 Å². The van der Waals surface area contributed by atoms with E-state index in [0.717, 1.165) is 10.9 Å². The summed E-state index contributed by atoms with van der Waals surface area (Å²) < 4.78 is 0. The molecule has 0 aliphatic rings. The van der Waals surface area contributed by atoms with Crippen molar-refractivity contribution in [3.8, 4) is 5.75 Å². The third-order valence-electron chi connectivity index (χ3n) is 6.77. The Morgan fingerprint density at radius 3 is 2.05 bits per heavy atom. The summed E-state index contributed by atoms with van der Waals surface area (Å²) in [6, 6.07) is 7.10. The van der Waals surface area contributed by atoms with Gasteiger partial charge < -0.3 is 47.7 Å². The summed E-state index contributed by atoms with van der Waals surface area (Å²) >= 11 is 0. The number of hydrogen-bond acceptors (Lipinski definition) is 8. The number of primary amides is 1. The molecule has 0 aliphatic heterocycles. The van der Waals surface area contributed by atoms with E-state index in [-0.39, 0.29) is 31.4 Å². The second kappa shape index (κ2) is 15.2. The molecular formula is C29H34N6O9. The Morgan fingerprint density at radius 2 is 1.41 bits per heavy atom. The predicted molar refractivity (Wildman–Crippen MR) is 156 cm³/mol. The number of phenolic OH excluding ortho intramolecular Hbond substituents is 1. The molecule has 4 amide bonds. The number of hydrogen-bond donors (Lipinski definition) is 9. The highest BCUT2D eigenvalue weighted by Crippen LogP contribution is 2.19. The monoisotopic (exact) mass is 610 g/mol. The van der Waals surface area contributed by atoms with Gasteiger partial charge in [-0.2, -0.15) is 0 Å². The van der Waals surface area contributed by atoms with Crippen molar-refractivity contribution >= 4 is 46.5 Å². The van der Waals surface area contributed by atoms with Crippen LogP contribution >= 0.6 is 0 Å². The predicted octanol–water partition coefficient (Wildman–Crippen LogP) is -0.735. The van der Waals surface area contributed by atoms with Crippen molar-refractivity contribution in [1.29, 1.82) is 0 Å². The molecule has 1 heterocycles. The van der Waals surface area contributed by atoms with Gasteiger partial charge in [0.05, 0.1) is 12.5 Å². The van der Waals surface area contributed by atoms with Crippen molar-refractivity contribution in [2.24, 2.45) is 11.5 Å². The highest BCUT2D eigenvalue weighted by molar-refractivity contribution is 5.96. The normalized spacial score (nSPS) is 13.7. The number of aliphatic carboxylic acids is 2. The largest absolute Gasteiger partial charge is 0.508 e. The number of aromatic nitrogens is 1.